The molecule has 0 saturated heterocycles. The Morgan fingerprint density at radius 3 is 2.04 bits per heavy atom. The highest BCUT2D eigenvalue weighted by molar-refractivity contribution is 5.77. The SMILES string of the molecule is CC(C)NCCOCCNCCOCCOC(C)(C)CCNC(=O)C(C)C. The molecular formula is C20H43N3O4. The zero-order chi connectivity index (χ0) is 20.5. The van der Waals surface area contributed by atoms with Crippen LogP contribution in [-0.4, -0.2) is 76.8 Å². The summed E-state index contributed by atoms with van der Waals surface area (Å²) in [6.07, 6.45) is 0.777. The van der Waals surface area contributed by atoms with Gasteiger partial charge in [-0.05, 0) is 20.3 Å². The minimum atomic E-state index is -0.270. The molecule has 1 amide bonds. The number of hydrogen-bond donors (Lipinski definition) is 3. The van der Waals surface area contributed by atoms with Gasteiger partial charge in [0.2, 0.25) is 5.91 Å². The smallest absolute Gasteiger partial charge is 0.222 e. The fourth-order valence-corrected chi connectivity index (χ4v) is 2.18. The van der Waals surface area contributed by atoms with E-state index < -0.39 is 0 Å². The van der Waals surface area contributed by atoms with Crippen LogP contribution in [0.25, 0.3) is 0 Å². The van der Waals surface area contributed by atoms with Crippen molar-refractivity contribution in [2.75, 3.05) is 59.2 Å². The van der Waals surface area contributed by atoms with Gasteiger partial charge in [0.05, 0.1) is 38.6 Å². The number of hydrogen-bond acceptors (Lipinski definition) is 6. The number of amides is 1. The highest BCUT2D eigenvalue weighted by atomic mass is 16.5. The van der Waals surface area contributed by atoms with Crippen molar-refractivity contribution in [1.82, 2.24) is 16.0 Å². The molecular weight excluding hydrogens is 346 g/mol. The average molecular weight is 390 g/mol. The van der Waals surface area contributed by atoms with Crippen molar-refractivity contribution >= 4 is 5.91 Å². The van der Waals surface area contributed by atoms with Gasteiger partial charge in [-0.1, -0.05) is 27.7 Å². The van der Waals surface area contributed by atoms with E-state index in [0.29, 0.717) is 39.0 Å². The van der Waals surface area contributed by atoms with Crippen LogP contribution in [0.15, 0.2) is 0 Å². The summed E-state index contributed by atoms with van der Waals surface area (Å²) in [5, 5.41) is 9.52. The molecule has 0 aromatic rings. The summed E-state index contributed by atoms with van der Waals surface area (Å²) in [7, 11) is 0. The van der Waals surface area contributed by atoms with Crippen molar-refractivity contribution in [1.29, 1.82) is 0 Å². The first kappa shape index (κ1) is 26.3. The third-order valence-electron chi connectivity index (χ3n) is 3.92. The standard InChI is InChI=1S/C20H43N3O4/c1-17(2)19(24)23-8-7-20(5,6)27-16-15-26-13-10-21-9-12-25-14-11-22-18(3)4/h17-18,21-22H,7-16H2,1-6H3,(H,23,24). The lowest BCUT2D eigenvalue weighted by Crippen LogP contribution is -2.35. The lowest BCUT2D eigenvalue weighted by atomic mass is 10.1. The van der Waals surface area contributed by atoms with E-state index in [1.807, 2.05) is 27.7 Å². The molecule has 162 valence electrons. The molecule has 0 aliphatic carbocycles. The summed E-state index contributed by atoms with van der Waals surface area (Å²) >= 11 is 0. The van der Waals surface area contributed by atoms with E-state index >= 15 is 0 Å². The maximum absolute atomic E-state index is 11.5. The van der Waals surface area contributed by atoms with Crippen LogP contribution in [0.4, 0.5) is 0 Å². The van der Waals surface area contributed by atoms with Gasteiger partial charge in [-0.3, -0.25) is 4.79 Å². The van der Waals surface area contributed by atoms with Crippen molar-refractivity contribution in [3.63, 3.8) is 0 Å². The molecule has 0 atom stereocenters. The fourth-order valence-electron chi connectivity index (χ4n) is 2.18. The molecule has 0 aliphatic heterocycles. The minimum absolute atomic E-state index is 0.0180. The normalized spacial score (nSPS) is 12.1. The Bertz CT molecular complexity index is 363. The van der Waals surface area contributed by atoms with Crippen LogP contribution in [-0.2, 0) is 19.0 Å². The Balaban J connectivity index is 3.38. The highest BCUT2D eigenvalue weighted by Gasteiger charge is 2.18. The molecule has 7 nitrogen and oxygen atoms in total. The summed E-state index contributed by atoms with van der Waals surface area (Å²) in [6.45, 7) is 18.5. The van der Waals surface area contributed by atoms with Gasteiger partial charge < -0.3 is 30.2 Å². The Morgan fingerprint density at radius 1 is 0.852 bits per heavy atom. The molecule has 0 unspecified atom stereocenters. The monoisotopic (exact) mass is 389 g/mol. The molecule has 0 aromatic heterocycles. The lowest BCUT2D eigenvalue weighted by molar-refractivity contribution is -0.124. The molecule has 3 N–H and O–H groups in total. The van der Waals surface area contributed by atoms with Gasteiger partial charge in [0.15, 0.2) is 0 Å². The molecule has 0 aliphatic rings. The van der Waals surface area contributed by atoms with Crippen molar-refractivity contribution < 1.29 is 19.0 Å². The van der Waals surface area contributed by atoms with Gasteiger partial charge in [-0.15, -0.1) is 0 Å². The van der Waals surface area contributed by atoms with Crippen LogP contribution >= 0.6 is 0 Å². The first-order valence-corrected chi connectivity index (χ1v) is 10.3. The Morgan fingerprint density at radius 2 is 1.44 bits per heavy atom. The molecule has 0 radical (unpaired) electrons. The maximum atomic E-state index is 11.5. The fraction of sp³-hybridized carbons (Fsp3) is 0.950. The van der Waals surface area contributed by atoms with Crippen LogP contribution in [0.2, 0.25) is 0 Å². The molecule has 0 saturated carbocycles. The molecule has 27 heavy (non-hydrogen) atoms. The van der Waals surface area contributed by atoms with E-state index in [2.05, 4.69) is 29.8 Å². The minimum Gasteiger partial charge on any atom is -0.379 e. The third-order valence-corrected chi connectivity index (χ3v) is 3.92. The quantitative estimate of drug-likeness (QED) is 0.309. The van der Waals surface area contributed by atoms with Crippen LogP contribution in [0, 0.1) is 5.92 Å². The molecule has 0 rings (SSSR count). The number of rotatable bonds is 18. The summed E-state index contributed by atoms with van der Waals surface area (Å²) < 4.78 is 16.9. The zero-order valence-corrected chi connectivity index (χ0v) is 18.4. The van der Waals surface area contributed by atoms with Gasteiger partial charge in [0.25, 0.3) is 0 Å². The second-order valence-corrected chi connectivity index (χ2v) is 7.89. The second-order valence-electron chi connectivity index (χ2n) is 7.89. The van der Waals surface area contributed by atoms with Crippen molar-refractivity contribution in [3.8, 4) is 0 Å². The van der Waals surface area contributed by atoms with E-state index in [0.717, 1.165) is 32.7 Å². The van der Waals surface area contributed by atoms with E-state index in [-0.39, 0.29) is 17.4 Å². The highest BCUT2D eigenvalue weighted by Crippen LogP contribution is 2.13. The Hall–Kier alpha value is -0.730. The first-order chi connectivity index (χ1) is 12.7. The Labute approximate surface area is 166 Å². The summed E-state index contributed by atoms with van der Waals surface area (Å²) in [6, 6.07) is 0.504. The van der Waals surface area contributed by atoms with Gasteiger partial charge in [-0.2, -0.15) is 0 Å². The van der Waals surface area contributed by atoms with E-state index in [9.17, 15) is 4.79 Å². The molecule has 7 heteroatoms. The van der Waals surface area contributed by atoms with Crippen LogP contribution in [0.1, 0.15) is 48.0 Å². The van der Waals surface area contributed by atoms with Crippen molar-refractivity contribution in [2.45, 2.75) is 59.6 Å². The lowest BCUT2D eigenvalue weighted by Gasteiger charge is -2.25. The van der Waals surface area contributed by atoms with Gasteiger partial charge in [-0.25, -0.2) is 0 Å². The van der Waals surface area contributed by atoms with E-state index in [1.54, 1.807) is 0 Å². The molecule has 0 fully saturated rings. The first-order valence-electron chi connectivity index (χ1n) is 10.3. The second kappa shape index (κ2) is 16.2. The third kappa shape index (κ3) is 18.4. The van der Waals surface area contributed by atoms with E-state index in [4.69, 9.17) is 14.2 Å². The van der Waals surface area contributed by atoms with Crippen LogP contribution in [0.3, 0.4) is 0 Å². The molecule has 0 bridgehead atoms. The predicted octanol–water partition coefficient (Wildman–Crippen LogP) is 1.56. The summed E-state index contributed by atoms with van der Waals surface area (Å²) in [5.41, 5.74) is -0.270. The number of carbonyl (C=O) groups is 1. The van der Waals surface area contributed by atoms with Gasteiger partial charge in [0, 0.05) is 38.1 Å². The largest absolute Gasteiger partial charge is 0.379 e. The predicted molar refractivity (Wildman–Crippen MR) is 110 cm³/mol. The number of carbonyl (C=O) groups excluding carboxylic acids is 1. The molecule has 0 spiro atoms. The van der Waals surface area contributed by atoms with Crippen LogP contribution in [0.5, 0.6) is 0 Å². The number of ether oxygens (including phenoxy) is 3. The molecule has 0 aromatic carbocycles. The van der Waals surface area contributed by atoms with Crippen molar-refractivity contribution in [2.24, 2.45) is 5.92 Å². The van der Waals surface area contributed by atoms with Gasteiger partial charge in [0.1, 0.15) is 0 Å². The summed E-state index contributed by atoms with van der Waals surface area (Å²) in [4.78, 5) is 11.5. The maximum Gasteiger partial charge on any atom is 0.222 e. The molecule has 0 heterocycles. The topological polar surface area (TPSA) is 80.8 Å². The van der Waals surface area contributed by atoms with E-state index in [1.165, 1.54) is 0 Å². The van der Waals surface area contributed by atoms with Crippen LogP contribution < -0.4 is 16.0 Å². The average Bonchev–Trinajstić information content (AvgIpc) is 2.58. The van der Waals surface area contributed by atoms with Crippen molar-refractivity contribution in [3.05, 3.63) is 0 Å². The zero-order valence-electron chi connectivity index (χ0n) is 18.4. The number of nitrogens with one attached hydrogen (secondary N) is 3. The Kier molecular flexibility index (Phi) is 15.8. The summed E-state index contributed by atoms with van der Waals surface area (Å²) in [5.74, 6) is 0.101. The van der Waals surface area contributed by atoms with Gasteiger partial charge >= 0.3 is 0 Å².